The van der Waals surface area contributed by atoms with Crippen molar-refractivity contribution in [1.29, 1.82) is 0 Å². The lowest BCUT2D eigenvalue weighted by atomic mass is 10.2. The van der Waals surface area contributed by atoms with Crippen LogP contribution in [0.5, 0.6) is 5.75 Å². The van der Waals surface area contributed by atoms with E-state index in [0.29, 0.717) is 23.7 Å². The lowest BCUT2D eigenvalue weighted by molar-refractivity contribution is 0.102. The number of amides is 1. The summed E-state index contributed by atoms with van der Waals surface area (Å²) in [5.41, 5.74) is 1.63. The summed E-state index contributed by atoms with van der Waals surface area (Å²) in [5.74, 6) is 1.15. The minimum atomic E-state index is -0.187. The van der Waals surface area contributed by atoms with Gasteiger partial charge in [-0.1, -0.05) is 36.4 Å². The van der Waals surface area contributed by atoms with Crippen molar-refractivity contribution < 1.29 is 9.53 Å². The number of nitrogens with one attached hydrogen (secondary N) is 1. The number of rotatable bonds is 6. The highest BCUT2D eigenvalue weighted by Crippen LogP contribution is 2.18. The number of nitrogens with zero attached hydrogens (tertiary/aromatic N) is 2. The van der Waals surface area contributed by atoms with Gasteiger partial charge >= 0.3 is 0 Å². The number of aromatic nitrogens is 2. The smallest absolute Gasteiger partial charge is 0.256 e. The van der Waals surface area contributed by atoms with Gasteiger partial charge in [0, 0.05) is 17.7 Å². The first kappa shape index (κ1) is 16.8. The van der Waals surface area contributed by atoms with E-state index in [1.54, 1.807) is 29.1 Å². The maximum Gasteiger partial charge on any atom is 0.256 e. The molecule has 0 aliphatic carbocycles. The van der Waals surface area contributed by atoms with Crippen LogP contribution in [0.1, 0.15) is 35.8 Å². The van der Waals surface area contributed by atoms with Crippen molar-refractivity contribution in [3.05, 3.63) is 78.0 Å². The molecule has 0 unspecified atom stereocenters. The van der Waals surface area contributed by atoms with Crippen molar-refractivity contribution >= 4 is 11.7 Å². The molecule has 5 nitrogen and oxygen atoms in total. The molecule has 0 aliphatic rings. The van der Waals surface area contributed by atoms with Gasteiger partial charge in [0.05, 0.1) is 6.20 Å². The second-order valence-corrected chi connectivity index (χ2v) is 6.01. The van der Waals surface area contributed by atoms with Crippen molar-refractivity contribution in [3.63, 3.8) is 0 Å². The molecular formula is C20H21N3O2. The molecule has 0 radical (unpaired) electrons. The SMILES string of the molecule is CC(C)n1nccc1NC(=O)c1cccc(OCc2ccccc2)c1. The van der Waals surface area contributed by atoms with Crippen LogP contribution < -0.4 is 10.1 Å². The zero-order valence-corrected chi connectivity index (χ0v) is 14.3. The molecule has 0 fully saturated rings. The van der Waals surface area contributed by atoms with E-state index in [1.165, 1.54) is 0 Å². The molecule has 1 N–H and O–H groups in total. The van der Waals surface area contributed by atoms with E-state index in [-0.39, 0.29) is 11.9 Å². The molecule has 1 heterocycles. The number of hydrogen-bond donors (Lipinski definition) is 1. The Morgan fingerprint density at radius 2 is 1.92 bits per heavy atom. The van der Waals surface area contributed by atoms with E-state index in [9.17, 15) is 4.79 Å². The molecule has 1 aromatic heterocycles. The Labute approximate surface area is 147 Å². The summed E-state index contributed by atoms with van der Waals surface area (Å²) < 4.78 is 7.55. The van der Waals surface area contributed by atoms with Crippen molar-refractivity contribution in [2.24, 2.45) is 0 Å². The van der Waals surface area contributed by atoms with Crippen LogP contribution >= 0.6 is 0 Å². The summed E-state index contributed by atoms with van der Waals surface area (Å²) in [7, 11) is 0. The van der Waals surface area contributed by atoms with E-state index in [4.69, 9.17) is 4.74 Å². The first-order chi connectivity index (χ1) is 12.1. The Bertz CT molecular complexity index is 841. The van der Waals surface area contributed by atoms with Crippen molar-refractivity contribution in [3.8, 4) is 5.75 Å². The molecule has 128 valence electrons. The van der Waals surface area contributed by atoms with Gasteiger partial charge in [-0.05, 0) is 37.6 Å². The van der Waals surface area contributed by atoms with Gasteiger partial charge in [-0.3, -0.25) is 4.79 Å². The fourth-order valence-electron chi connectivity index (χ4n) is 2.48. The number of carbonyl (C=O) groups is 1. The Hall–Kier alpha value is -3.08. The van der Waals surface area contributed by atoms with Gasteiger partial charge in [0.15, 0.2) is 0 Å². The maximum atomic E-state index is 12.5. The predicted molar refractivity (Wildman–Crippen MR) is 97.8 cm³/mol. The second kappa shape index (κ2) is 7.66. The Balaban J connectivity index is 1.68. The molecular weight excluding hydrogens is 314 g/mol. The molecule has 0 saturated heterocycles. The van der Waals surface area contributed by atoms with Crippen molar-refractivity contribution in [1.82, 2.24) is 9.78 Å². The third-order valence-corrected chi connectivity index (χ3v) is 3.75. The van der Waals surface area contributed by atoms with E-state index >= 15 is 0 Å². The molecule has 0 spiro atoms. The summed E-state index contributed by atoms with van der Waals surface area (Å²) in [6, 6.07) is 19.0. The van der Waals surface area contributed by atoms with Crippen LogP contribution in [0.2, 0.25) is 0 Å². The van der Waals surface area contributed by atoms with Gasteiger partial charge in [0.2, 0.25) is 0 Å². The van der Waals surface area contributed by atoms with Gasteiger partial charge in [0.25, 0.3) is 5.91 Å². The van der Waals surface area contributed by atoms with Crippen LogP contribution in [0.25, 0.3) is 0 Å². The highest BCUT2D eigenvalue weighted by atomic mass is 16.5. The van der Waals surface area contributed by atoms with Gasteiger partial charge in [-0.2, -0.15) is 5.10 Å². The van der Waals surface area contributed by atoms with E-state index in [0.717, 1.165) is 5.56 Å². The van der Waals surface area contributed by atoms with Gasteiger partial charge in [0.1, 0.15) is 18.2 Å². The molecule has 5 heteroatoms. The highest BCUT2D eigenvalue weighted by Gasteiger charge is 2.12. The first-order valence-corrected chi connectivity index (χ1v) is 8.25. The molecule has 0 aliphatic heterocycles. The number of benzene rings is 2. The van der Waals surface area contributed by atoms with Crippen LogP contribution in [-0.2, 0) is 6.61 Å². The fourth-order valence-corrected chi connectivity index (χ4v) is 2.48. The lowest BCUT2D eigenvalue weighted by Gasteiger charge is -2.12. The standard InChI is InChI=1S/C20H21N3O2/c1-15(2)23-19(11-12-21-23)22-20(24)17-9-6-10-18(13-17)25-14-16-7-4-3-5-8-16/h3-13,15H,14H2,1-2H3,(H,22,24). The molecule has 3 rings (SSSR count). The highest BCUT2D eigenvalue weighted by molar-refractivity contribution is 6.04. The van der Waals surface area contributed by atoms with Crippen molar-refractivity contribution in [2.75, 3.05) is 5.32 Å². The third kappa shape index (κ3) is 4.26. The third-order valence-electron chi connectivity index (χ3n) is 3.75. The maximum absolute atomic E-state index is 12.5. The molecule has 1 amide bonds. The van der Waals surface area contributed by atoms with Crippen LogP contribution in [0, 0.1) is 0 Å². The summed E-state index contributed by atoms with van der Waals surface area (Å²) >= 11 is 0. The minimum Gasteiger partial charge on any atom is -0.489 e. The van der Waals surface area contributed by atoms with E-state index < -0.39 is 0 Å². The zero-order valence-electron chi connectivity index (χ0n) is 14.3. The first-order valence-electron chi connectivity index (χ1n) is 8.25. The summed E-state index contributed by atoms with van der Waals surface area (Å²) in [4.78, 5) is 12.5. The van der Waals surface area contributed by atoms with E-state index in [1.807, 2.05) is 56.3 Å². The fraction of sp³-hybridized carbons (Fsp3) is 0.200. The van der Waals surface area contributed by atoms with Crippen LogP contribution in [0.4, 0.5) is 5.82 Å². The molecule has 0 bridgehead atoms. The number of ether oxygens (including phenoxy) is 1. The number of anilines is 1. The Morgan fingerprint density at radius 1 is 1.12 bits per heavy atom. The second-order valence-electron chi connectivity index (χ2n) is 6.01. The summed E-state index contributed by atoms with van der Waals surface area (Å²) in [5, 5.41) is 7.12. The topological polar surface area (TPSA) is 56.2 Å². The number of hydrogen-bond acceptors (Lipinski definition) is 3. The Kier molecular flexibility index (Phi) is 5.14. The summed E-state index contributed by atoms with van der Waals surface area (Å²) in [6.07, 6.45) is 1.68. The van der Waals surface area contributed by atoms with Gasteiger partial charge in [-0.25, -0.2) is 4.68 Å². The normalized spacial score (nSPS) is 10.7. The molecule has 25 heavy (non-hydrogen) atoms. The van der Waals surface area contributed by atoms with Crippen LogP contribution in [-0.4, -0.2) is 15.7 Å². The Morgan fingerprint density at radius 3 is 2.68 bits per heavy atom. The van der Waals surface area contributed by atoms with Gasteiger partial charge < -0.3 is 10.1 Å². The molecule has 0 saturated carbocycles. The quantitative estimate of drug-likeness (QED) is 0.731. The molecule has 2 aromatic carbocycles. The van der Waals surface area contributed by atoms with Crippen molar-refractivity contribution in [2.45, 2.75) is 26.5 Å². The largest absolute Gasteiger partial charge is 0.489 e. The van der Waals surface area contributed by atoms with Crippen LogP contribution in [0.3, 0.4) is 0 Å². The monoisotopic (exact) mass is 335 g/mol. The molecule has 0 atom stereocenters. The van der Waals surface area contributed by atoms with Gasteiger partial charge in [-0.15, -0.1) is 0 Å². The number of carbonyl (C=O) groups excluding carboxylic acids is 1. The lowest BCUT2D eigenvalue weighted by Crippen LogP contribution is -2.16. The minimum absolute atomic E-state index is 0.172. The average Bonchev–Trinajstić information content (AvgIpc) is 3.09. The molecule has 3 aromatic rings. The zero-order chi connectivity index (χ0) is 17.6. The van der Waals surface area contributed by atoms with E-state index in [2.05, 4.69) is 10.4 Å². The van der Waals surface area contributed by atoms with Crippen LogP contribution in [0.15, 0.2) is 66.9 Å². The predicted octanol–water partition coefficient (Wildman–Crippen LogP) is 4.30. The summed E-state index contributed by atoms with van der Waals surface area (Å²) in [6.45, 7) is 4.49. The average molecular weight is 335 g/mol.